The fraction of sp³-hybridized carbons (Fsp3) is 0.667. The van der Waals surface area contributed by atoms with Crippen molar-refractivity contribution in [3.63, 3.8) is 0 Å². The van der Waals surface area contributed by atoms with Crippen LogP contribution in [0.3, 0.4) is 0 Å². The summed E-state index contributed by atoms with van der Waals surface area (Å²) >= 11 is 1.41. The molecule has 3 rings (SSSR count). The number of methoxy groups -OCH3 is 1. The SMILES string of the molecule is COC(=O)c1sc(C#CC(C)(C)C)c(C)c1NC1CCC2(CC1)OCCO2. The average Bonchev–Trinajstić information content (AvgIpc) is 3.20. The van der Waals surface area contributed by atoms with Crippen molar-refractivity contribution in [2.24, 2.45) is 5.41 Å². The molecule has 1 saturated heterocycles. The lowest BCUT2D eigenvalue weighted by molar-refractivity contribution is -0.177. The monoisotopic (exact) mass is 391 g/mol. The molecule has 2 fully saturated rings. The van der Waals surface area contributed by atoms with Crippen molar-refractivity contribution in [2.75, 3.05) is 25.6 Å². The fourth-order valence-corrected chi connectivity index (χ4v) is 4.52. The quantitative estimate of drug-likeness (QED) is 0.614. The second-order valence-electron chi connectivity index (χ2n) is 8.28. The summed E-state index contributed by atoms with van der Waals surface area (Å²) in [5, 5.41) is 3.59. The lowest BCUT2D eigenvalue weighted by Gasteiger charge is -2.36. The molecule has 5 nitrogen and oxygen atoms in total. The molecule has 0 aromatic carbocycles. The molecule has 1 spiro atoms. The lowest BCUT2D eigenvalue weighted by atomic mass is 9.89. The highest BCUT2D eigenvalue weighted by Gasteiger charge is 2.40. The maximum absolute atomic E-state index is 12.3. The largest absolute Gasteiger partial charge is 0.465 e. The lowest BCUT2D eigenvalue weighted by Crippen LogP contribution is -2.39. The van der Waals surface area contributed by atoms with Crippen molar-refractivity contribution >= 4 is 23.0 Å². The van der Waals surface area contributed by atoms with Gasteiger partial charge in [0.05, 0.1) is 30.9 Å². The zero-order chi connectivity index (χ0) is 19.7. The third-order valence-corrected chi connectivity index (χ3v) is 6.17. The molecule has 1 saturated carbocycles. The summed E-state index contributed by atoms with van der Waals surface area (Å²) < 4.78 is 16.6. The smallest absolute Gasteiger partial charge is 0.350 e. The minimum Gasteiger partial charge on any atom is -0.465 e. The number of hydrogen-bond acceptors (Lipinski definition) is 6. The van der Waals surface area contributed by atoms with Crippen LogP contribution in [-0.4, -0.2) is 38.1 Å². The van der Waals surface area contributed by atoms with E-state index in [9.17, 15) is 4.79 Å². The standard InChI is InChI=1S/C21H29NO4S/c1-14-16(8-9-20(2,3)4)27-18(19(23)24-5)17(14)22-15-6-10-21(11-7-15)25-12-13-26-21/h15,22H,6-7,10-13H2,1-5H3. The summed E-state index contributed by atoms with van der Waals surface area (Å²) in [6.07, 6.45) is 3.63. The van der Waals surface area contributed by atoms with Gasteiger partial charge < -0.3 is 19.5 Å². The first-order valence-electron chi connectivity index (χ1n) is 9.52. The van der Waals surface area contributed by atoms with Crippen molar-refractivity contribution in [3.8, 4) is 11.8 Å². The van der Waals surface area contributed by atoms with Crippen LogP contribution in [0.15, 0.2) is 0 Å². The molecule has 2 aliphatic rings. The predicted octanol–water partition coefficient (Wildman–Crippen LogP) is 4.34. The van der Waals surface area contributed by atoms with E-state index in [-0.39, 0.29) is 23.2 Å². The maximum atomic E-state index is 12.3. The van der Waals surface area contributed by atoms with E-state index in [4.69, 9.17) is 14.2 Å². The topological polar surface area (TPSA) is 56.8 Å². The van der Waals surface area contributed by atoms with Crippen LogP contribution in [0.2, 0.25) is 0 Å². The van der Waals surface area contributed by atoms with Crippen LogP contribution in [0, 0.1) is 24.2 Å². The molecular formula is C21H29NO4S. The number of rotatable bonds is 3. The van der Waals surface area contributed by atoms with E-state index in [2.05, 4.69) is 37.9 Å². The number of carbonyl (C=O) groups is 1. The average molecular weight is 392 g/mol. The Bertz CT molecular complexity index is 750. The first kappa shape index (κ1) is 20.2. The summed E-state index contributed by atoms with van der Waals surface area (Å²) in [4.78, 5) is 13.8. The second-order valence-corrected chi connectivity index (χ2v) is 9.30. The summed E-state index contributed by atoms with van der Waals surface area (Å²) in [7, 11) is 1.42. The number of esters is 1. The van der Waals surface area contributed by atoms with Gasteiger partial charge in [-0.25, -0.2) is 4.79 Å². The van der Waals surface area contributed by atoms with Gasteiger partial charge in [-0.2, -0.15) is 0 Å². The first-order valence-corrected chi connectivity index (χ1v) is 10.3. The predicted molar refractivity (Wildman–Crippen MR) is 107 cm³/mol. The van der Waals surface area contributed by atoms with E-state index in [1.807, 2.05) is 6.92 Å². The van der Waals surface area contributed by atoms with Crippen molar-refractivity contribution < 1.29 is 19.0 Å². The van der Waals surface area contributed by atoms with Gasteiger partial charge in [0.1, 0.15) is 4.88 Å². The van der Waals surface area contributed by atoms with Gasteiger partial charge in [0, 0.05) is 24.3 Å². The van der Waals surface area contributed by atoms with Crippen LogP contribution >= 0.6 is 11.3 Å². The molecule has 1 aliphatic carbocycles. The van der Waals surface area contributed by atoms with E-state index >= 15 is 0 Å². The second kappa shape index (κ2) is 7.83. The number of anilines is 1. The third kappa shape index (κ3) is 4.66. The van der Waals surface area contributed by atoms with Gasteiger partial charge in [-0.1, -0.05) is 11.8 Å². The highest BCUT2D eigenvalue weighted by Crippen LogP contribution is 2.39. The van der Waals surface area contributed by atoms with Gasteiger partial charge in [0.25, 0.3) is 0 Å². The maximum Gasteiger partial charge on any atom is 0.350 e. The highest BCUT2D eigenvalue weighted by atomic mass is 32.1. The molecule has 2 heterocycles. The van der Waals surface area contributed by atoms with Crippen molar-refractivity contribution in [1.82, 2.24) is 0 Å². The van der Waals surface area contributed by atoms with Crippen molar-refractivity contribution in [2.45, 2.75) is 65.2 Å². The van der Waals surface area contributed by atoms with E-state index < -0.39 is 0 Å². The Morgan fingerprint density at radius 2 is 1.89 bits per heavy atom. The molecule has 148 valence electrons. The van der Waals surface area contributed by atoms with Crippen molar-refractivity contribution in [1.29, 1.82) is 0 Å². The van der Waals surface area contributed by atoms with Gasteiger partial charge >= 0.3 is 5.97 Å². The summed E-state index contributed by atoms with van der Waals surface area (Å²) in [6.45, 7) is 9.62. The zero-order valence-corrected chi connectivity index (χ0v) is 17.7. The van der Waals surface area contributed by atoms with Gasteiger partial charge in [-0.05, 0) is 46.1 Å². The zero-order valence-electron chi connectivity index (χ0n) is 16.9. The van der Waals surface area contributed by atoms with Gasteiger partial charge in [0.2, 0.25) is 0 Å². The molecule has 1 aromatic rings. The third-order valence-electron chi connectivity index (χ3n) is 4.98. The molecule has 1 N–H and O–H groups in total. The molecule has 0 amide bonds. The number of nitrogens with one attached hydrogen (secondary N) is 1. The Hall–Kier alpha value is -1.55. The summed E-state index contributed by atoms with van der Waals surface area (Å²) in [6, 6.07) is 0.281. The molecule has 1 aromatic heterocycles. The number of carbonyl (C=O) groups excluding carboxylic acids is 1. The molecule has 27 heavy (non-hydrogen) atoms. The Balaban J connectivity index is 1.80. The van der Waals surface area contributed by atoms with E-state index in [0.717, 1.165) is 41.8 Å². The minimum absolute atomic E-state index is 0.0889. The Morgan fingerprint density at radius 3 is 2.44 bits per heavy atom. The Labute approximate surface area is 165 Å². The molecule has 0 radical (unpaired) electrons. The molecule has 0 unspecified atom stereocenters. The number of ether oxygens (including phenoxy) is 3. The van der Waals surface area contributed by atoms with Crippen LogP contribution in [0.4, 0.5) is 5.69 Å². The highest BCUT2D eigenvalue weighted by molar-refractivity contribution is 7.15. The van der Waals surface area contributed by atoms with E-state index in [1.54, 1.807) is 0 Å². The molecule has 0 bridgehead atoms. The number of hydrogen-bond donors (Lipinski definition) is 1. The van der Waals surface area contributed by atoms with Crippen molar-refractivity contribution in [3.05, 3.63) is 15.3 Å². The Kier molecular flexibility index (Phi) is 5.85. The van der Waals surface area contributed by atoms with Crippen LogP contribution in [0.5, 0.6) is 0 Å². The molecule has 0 atom stereocenters. The minimum atomic E-state index is -0.379. The summed E-state index contributed by atoms with van der Waals surface area (Å²) in [5.41, 5.74) is 1.79. The van der Waals surface area contributed by atoms with Gasteiger partial charge in [-0.15, -0.1) is 11.3 Å². The van der Waals surface area contributed by atoms with Crippen LogP contribution in [0.25, 0.3) is 0 Å². The van der Waals surface area contributed by atoms with Crippen LogP contribution in [0.1, 0.15) is 66.6 Å². The molecular weight excluding hydrogens is 362 g/mol. The van der Waals surface area contributed by atoms with E-state index in [1.165, 1.54) is 18.4 Å². The summed E-state index contributed by atoms with van der Waals surface area (Å²) in [5.74, 6) is 5.82. The van der Waals surface area contributed by atoms with Crippen LogP contribution < -0.4 is 5.32 Å². The molecule has 6 heteroatoms. The van der Waals surface area contributed by atoms with E-state index in [0.29, 0.717) is 18.1 Å². The number of thiophene rings is 1. The normalized spacial score (nSPS) is 19.6. The molecule has 1 aliphatic heterocycles. The Morgan fingerprint density at radius 1 is 1.26 bits per heavy atom. The fourth-order valence-electron chi connectivity index (χ4n) is 3.48. The first-order chi connectivity index (χ1) is 12.7. The van der Waals surface area contributed by atoms with Gasteiger partial charge in [0.15, 0.2) is 5.79 Å². The van der Waals surface area contributed by atoms with Crippen LogP contribution in [-0.2, 0) is 14.2 Å². The van der Waals surface area contributed by atoms with Gasteiger partial charge in [-0.3, -0.25) is 0 Å².